The SMILES string of the molecule is CC(/C=N\NC(=O)c1ccccc1NS(=O)(=O)c1ccc(Cl)cc1)=C/c1ccccc1. The molecule has 0 aromatic heterocycles. The Bertz CT molecular complexity index is 1220. The third-order valence-corrected chi connectivity index (χ3v) is 5.80. The molecule has 3 rings (SSSR count). The number of nitrogens with one attached hydrogen (secondary N) is 2. The summed E-state index contributed by atoms with van der Waals surface area (Å²) in [6, 6.07) is 21.7. The van der Waals surface area contributed by atoms with Crippen LogP contribution in [-0.4, -0.2) is 20.5 Å². The number of anilines is 1. The molecule has 0 unspecified atom stereocenters. The van der Waals surface area contributed by atoms with E-state index in [1.807, 2.05) is 43.3 Å². The van der Waals surface area contributed by atoms with Crippen LogP contribution in [0.5, 0.6) is 0 Å². The summed E-state index contributed by atoms with van der Waals surface area (Å²) in [7, 11) is -3.89. The zero-order chi connectivity index (χ0) is 22.3. The molecule has 0 spiro atoms. The molecule has 0 fully saturated rings. The highest BCUT2D eigenvalue weighted by molar-refractivity contribution is 7.92. The fraction of sp³-hybridized carbons (Fsp3) is 0.0435. The summed E-state index contributed by atoms with van der Waals surface area (Å²) in [6.07, 6.45) is 3.44. The van der Waals surface area contributed by atoms with E-state index < -0.39 is 15.9 Å². The van der Waals surface area contributed by atoms with Gasteiger partial charge in [0.1, 0.15) is 0 Å². The number of hydrogen-bond acceptors (Lipinski definition) is 4. The number of benzene rings is 3. The third kappa shape index (κ3) is 6.28. The Morgan fingerprint density at radius 2 is 1.58 bits per heavy atom. The molecule has 0 heterocycles. The van der Waals surface area contributed by atoms with Gasteiger partial charge in [-0.15, -0.1) is 0 Å². The third-order valence-electron chi connectivity index (χ3n) is 4.17. The van der Waals surface area contributed by atoms with E-state index in [2.05, 4.69) is 15.2 Å². The van der Waals surface area contributed by atoms with Crippen LogP contribution in [0.15, 0.2) is 94.4 Å². The highest BCUT2D eigenvalue weighted by atomic mass is 35.5. The Hall–Kier alpha value is -3.42. The maximum Gasteiger partial charge on any atom is 0.273 e. The van der Waals surface area contributed by atoms with Crippen molar-refractivity contribution < 1.29 is 13.2 Å². The normalized spacial score (nSPS) is 12.0. The van der Waals surface area contributed by atoms with Gasteiger partial charge < -0.3 is 0 Å². The lowest BCUT2D eigenvalue weighted by atomic mass is 10.1. The van der Waals surface area contributed by atoms with Crippen LogP contribution in [0.25, 0.3) is 6.08 Å². The van der Waals surface area contributed by atoms with Crippen molar-refractivity contribution in [2.24, 2.45) is 5.10 Å². The van der Waals surface area contributed by atoms with Crippen molar-refractivity contribution in [2.45, 2.75) is 11.8 Å². The second-order valence-electron chi connectivity index (χ2n) is 6.60. The van der Waals surface area contributed by atoms with Gasteiger partial charge in [0.05, 0.1) is 22.4 Å². The Balaban J connectivity index is 1.73. The number of carbonyl (C=O) groups excluding carboxylic acids is 1. The van der Waals surface area contributed by atoms with Gasteiger partial charge in [-0.1, -0.05) is 60.1 Å². The maximum atomic E-state index is 12.6. The molecule has 31 heavy (non-hydrogen) atoms. The fourth-order valence-corrected chi connectivity index (χ4v) is 3.90. The number of hydrogen-bond donors (Lipinski definition) is 2. The number of halogens is 1. The smallest absolute Gasteiger partial charge is 0.273 e. The van der Waals surface area contributed by atoms with Crippen molar-refractivity contribution in [3.63, 3.8) is 0 Å². The quantitative estimate of drug-likeness (QED) is 0.391. The molecule has 0 radical (unpaired) electrons. The number of allylic oxidation sites excluding steroid dienone is 1. The summed E-state index contributed by atoms with van der Waals surface area (Å²) in [6.45, 7) is 1.86. The molecule has 0 saturated carbocycles. The van der Waals surface area contributed by atoms with Gasteiger partial charge in [0, 0.05) is 5.02 Å². The number of nitrogens with zero attached hydrogens (tertiary/aromatic N) is 1. The molecule has 0 saturated heterocycles. The number of para-hydroxylation sites is 1. The molecular weight excluding hydrogens is 434 g/mol. The van der Waals surface area contributed by atoms with E-state index in [-0.39, 0.29) is 16.1 Å². The first kappa shape index (κ1) is 22.3. The maximum absolute atomic E-state index is 12.6. The van der Waals surface area contributed by atoms with Crippen LogP contribution in [0.2, 0.25) is 5.02 Å². The van der Waals surface area contributed by atoms with Gasteiger partial charge >= 0.3 is 0 Å². The lowest BCUT2D eigenvalue weighted by Gasteiger charge is -2.11. The minimum absolute atomic E-state index is 0.0341. The van der Waals surface area contributed by atoms with Crippen LogP contribution < -0.4 is 10.1 Å². The van der Waals surface area contributed by atoms with E-state index in [4.69, 9.17) is 11.6 Å². The van der Waals surface area contributed by atoms with Crippen LogP contribution >= 0.6 is 11.6 Å². The first-order chi connectivity index (χ1) is 14.8. The van der Waals surface area contributed by atoms with Crippen LogP contribution in [0.3, 0.4) is 0 Å². The van der Waals surface area contributed by atoms with Crippen molar-refractivity contribution >= 4 is 45.5 Å². The predicted octanol–water partition coefficient (Wildman–Crippen LogP) is 4.96. The molecule has 3 aromatic rings. The lowest BCUT2D eigenvalue weighted by molar-refractivity contribution is 0.0956. The molecule has 3 aromatic carbocycles. The highest BCUT2D eigenvalue weighted by Gasteiger charge is 2.18. The lowest BCUT2D eigenvalue weighted by Crippen LogP contribution is -2.21. The largest absolute Gasteiger partial charge is 0.279 e. The van der Waals surface area contributed by atoms with Crippen molar-refractivity contribution in [3.8, 4) is 0 Å². The Labute approximate surface area is 186 Å². The molecule has 158 valence electrons. The van der Waals surface area contributed by atoms with Crippen molar-refractivity contribution in [2.75, 3.05) is 4.72 Å². The Morgan fingerprint density at radius 3 is 2.29 bits per heavy atom. The fourth-order valence-electron chi connectivity index (χ4n) is 2.69. The van der Waals surface area contributed by atoms with Gasteiger partial charge in [0.25, 0.3) is 15.9 Å². The van der Waals surface area contributed by atoms with Crippen LogP contribution in [0.4, 0.5) is 5.69 Å². The van der Waals surface area contributed by atoms with E-state index >= 15 is 0 Å². The second kappa shape index (κ2) is 10.1. The molecule has 0 atom stereocenters. The van der Waals surface area contributed by atoms with Gasteiger partial charge in [-0.05, 0) is 54.5 Å². The first-order valence-electron chi connectivity index (χ1n) is 9.29. The molecule has 1 amide bonds. The zero-order valence-corrected chi connectivity index (χ0v) is 18.2. The number of amides is 1. The van der Waals surface area contributed by atoms with E-state index in [1.54, 1.807) is 12.1 Å². The van der Waals surface area contributed by atoms with Crippen LogP contribution in [0, 0.1) is 0 Å². The molecule has 0 aliphatic carbocycles. The van der Waals surface area contributed by atoms with E-state index in [1.165, 1.54) is 42.6 Å². The molecular formula is C23H20ClN3O3S. The van der Waals surface area contributed by atoms with Crippen molar-refractivity contribution in [1.29, 1.82) is 0 Å². The minimum atomic E-state index is -3.89. The van der Waals surface area contributed by atoms with Gasteiger partial charge in [0.15, 0.2) is 0 Å². The second-order valence-corrected chi connectivity index (χ2v) is 8.72. The van der Waals surface area contributed by atoms with E-state index in [0.29, 0.717) is 5.02 Å². The number of sulfonamides is 1. The summed E-state index contributed by atoms with van der Waals surface area (Å²) in [5, 5.41) is 4.39. The number of hydrazone groups is 1. The van der Waals surface area contributed by atoms with Crippen molar-refractivity contribution in [1.82, 2.24) is 5.43 Å². The molecule has 2 N–H and O–H groups in total. The molecule has 0 bridgehead atoms. The molecule has 6 nitrogen and oxygen atoms in total. The first-order valence-corrected chi connectivity index (χ1v) is 11.2. The molecule has 0 aliphatic rings. The summed E-state index contributed by atoms with van der Waals surface area (Å²) in [4.78, 5) is 12.6. The number of rotatable bonds is 7. The van der Waals surface area contributed by atoms with Gasteiger partial charge in [-0.3, -0.25) is 9.52 Å². The average molecular weight is 454 g/mol. The minimum Gasteiger partial charge on any atom is -0.279 e. The summed E-state index contributed by atoms with van der Waals surface area (Å²) in [5.74, 6) is -0.543. The molecule has 8 heteroatoms. The molecule has 0 aliphatic heterocycles. The number of carbonyl (C=O) groups is 1. The van der Waals surface area contributed by atoms with E-state index in [0.717, 1.165) is 11.1 Å². The van der Waals surface area contributed by atoms with Gasteiger partial charge in [0.2, 0.25) is 0 Å². The van der Waals surface area contributed by atoms with Gasteiger partial charge in [-0.2, -0.15) is 5.10 Å². The standard InChI is InChI=1S/C23H20ClN3O3S/c1-17(15-18-7-3-2-4-8-18)16-25-26-23(28)21-9-5-6-10-22(21)27-31(29,30)20-13-11-19(24)12-14-20/h2-16,27H,1H3,(H,26,28)/b17-15-,25-16-. The van der Waals surface area contributed by atoms with Crippen LogP contribution in [0.1, 0.15) is 22.8 Å². The van der Waals surface area contributed by atoms with Crippen molar-refractivity contribution in [3.05, 3.63) is 101 Å². The topological polar surface area (TPSA) is 87.6 Å². The summed E-state index contributed by atoms with van der Waals surface area (Å²) < 4.78 is 27.7. The summed E-state index contributed by atoms with van der Waals surface area (Å²) >= 11 is 5.82. The zero-order valence-electron chi connectivity index (χ0n) is 16.6. The average Bonchev–Trinajstić information content (AvgIpc) is 2.75. The highest BCUT2D eigenvalue weighted by Crippen LogP contribution is 2.21. The van der Waals surface area contributed by atoms with Crippen LogP contribution in [-0.2, 0) is 10.0 Å². The Morgan fingerprint density at radius 1 is 0.935 bits per heavy atom. The van der Waals surface area contributed by atoms with E-state index in [9.17, 15) is 13.2 Å². The monoisotopic (exact) mass is 453 g/mol. The predicted molar refractivity (Wildman–Crippen MR) is 125 cm³/mol. The Kier molecular flexibility index (Phi) is 7.23. The summed E-state index contributed by atoms with van der Waals surface area (Å²) in [5.41, 5.74) is 4.56. The van der Waals surface area contributed by atoms with Gasteiger partial charge in [-0.25, -0.2) is 13.8 Å².